The zero-order valence-electron chi connectivity index (χ0n) is 9.48. The Kier molecular flexibility index (Phi) is 3.62. The van der Waals surface area contributed by atoms with E-state index in [-0.39, 0.29) is 25.4 Å². The lowest BCUT2D eigenvalue weighted by atomic mass is 10.1. The Balaban J connectivity index is 2.03. The van der Waals surface area contributed by atoms with E-state index in [4.69, 9.17) is 11.6 Å². The Morgan fingerprint density at radius 1 is 1.28 bits per heavy atom. The zero-order valence-corrected chi connectivity index (χ0v) is 10.2. The lowest BCUT2D eigenvalue weighted by Gasteiger charge is -2.25. The molecule has 0 spiro atoms. The van der Waals surface area contributed by atoms with Gasteiger partial charge in [-0.3, -0.25) is 19.7 Å². The maximum absolute atomic E-state index is 11.9. The topological polar surface area (TPSA) is 66.5 Å². The van der Waals surface area contributed by atoms with Crippen molar-refractivity contribution in [2.24, 2.45) is 0 Å². The number of hydrogen-bond acceptors (Lipinski definition) is 3. The summed E-state index contributed by atoms with van der Waals surface area (Å²) in [6.45, 7) is -0.156. The Bertz CT molecular complexity index is 500. The smallest absolute Gasteiger partial charge is 0.246 e. The molecule has 0 radical (unpaired) electrons. The van der Waals surface area contributed by atoms with E-state index in [0.717, 1.165) is 5.56 Å². The van der Waals surface area contributed by atoms with Gasteiger partial charge in [0.2, 0.25) is 17.7 Å². The molecule has 1 saturated heterocycles. The van der Waals surface area contributed by atoms with Gasteiger partial charge in [0.05, 0.1) is 6.42 Å². The van der Waals surface area contributed by atoms with Crippen molar-refractivity contribution in [2.45, 2.75) is 6.42 Å². The number of carbonyl (C=O) groups excluding carboxylic acids is 3. The standard InChI is InChI=1S/C12H11ClN2O3/c13-9-3-1-2-8(4-9)5-12(18)15-6-10(16)14-11(17)7-15/h1-4H,5-7H2,(H,14,16,17). The lowest BCUT2D eigenvalue weighted by Crippen LogP contribution is -2.53. The fraction of sp³-hybridized carbons (Fsp3) is 0.250. The van der Waals surface area contributed by atoms with Crippen LogP contribution in [0.2, 0.25) is 5.02 Å². The van der Waals surface area contributed by atoms with Crippen LogP contribution < -0.4 is 5.32 Å². The van der Waals surface area contributed by atoms with E-state index in [2.05, 4.69) is 5.32 Å². The average Bonchev–Trinajstić information content (AvgIpc) is 2.27. The predicted molar refractivity (Wildman–Crippen MR) is 64.9 cm³/mol. The molecule has 1 heterocycles. The lowest BCUT2D eigenvalue weighted by molar-refractivity contribution is -0.145. The van der Waals surface area contributed by atoms with Gasteiger partial charge in [0.1, 0.15) is 13.1 Å². The molecular weight excluding hydrogens is 256 g/mol. The van der Waals surface area contributed by atoms with Crippen LogP contribution in [-0.2, 0) is 20.8 Å². The Hall–Kier alpha value is -1.88. The van der Waals surface area contributed by atoms with Crippen molar-refractivity contribution in [3.63, 3.8) is 0 Å². The van der Waals surface area contributed by atoms with Gasteiger partial charge in [-0.05, 0) is 17.7 Å². The number of amides is 3. The van der Waals surface area contributed by atoms with Gasteiger partial charge in [-0.1, -0.05) is 23.7 Å². The molecule has 0 atom stereocenters. The molecule has 5 nitrogen and oxygen atoms in total. The van der Waals surface area contributed by atoms with Crippen molar-refractivity contribution >= 4 is 29.3 Å². The van der Waals surface area contributed by atoms with Crippen molar-refractivity contribution in [1.82, 2.24) is 10.2 Å². The quantitative estimate of drug-likeness (QED) is 0.787. The van der Waals surface area contributed by atoms with E-state index in [1.807, 2.05) is 0 Å². The van der Waals surface area contributed by atoms with Gasteiger partial charge in [-0.25, -0.2) is 0 Å². The van der Waals surface area contributed by atoms with Gasteiger partial charge in [-0.15, -0.1) is 0 Å². The molecule has 0 unspecified atom stereocenters. The number of imide groups is 1. The fourth-order valence-electron chi connectivity index (χ4n) is 1.75. The first kappa shape index (κ1) is 12.6. The average molecular weight is 267 g/mol. The fourth-order valence-corrected chi connectivity index (χ4v) is 1.96. The van der Waals surface area contributed by atoms with Crippen LogP contribution in [0.4, 0.5) is 0 Å². The summed E-state index contributed by atoms with van der Waals surface area (Å²) in [6.07, 6.45) is 0.126. The van der Waals surface area contributed by atoms with E-state index >= 15 is 0 Å². The summed E-state index contributed by atoms with van der Waals surface area (Å²) in [7, 11) is 0. The number of carbonyl (C=O) groups is 3. The number of benzene rings is 1. The summed E-state index contributed by atoms with van der Waals surface area (Å²) < 4.78 is 0. The van der Waals surface area contributed by atoms with Gasteiger partial charge < -0.3 is 4.90 Å². The van der Waals surface area contributed by atoms with Gasteiger partial charge in [0.15, 0.2) is 0 Å². The first-order chi connectivity index (χ1) is 8.54. The highest BCUT2D eigenvalue weighted by Gasteiger charge is 2.26. The van der Waals surface area contributed by atoms with Crippen LogP contribution in [-0.4, -0.2) is 35.7 Å². The normalized spacial score (nSPS) is 15.5. The van der Waals surface area contributed by atoms with E-state index in [9.17, 15) is 14.4 Å². The number of nitrogens with one attached hydrogen (secondary N) is 1. The molecule has 1 fully saturated rings. The number of piperazine rings is 1. The van der Waals surface area contributed by atoms with Crippen molar-refractivity contribution in [2.75, 3.05) is 13.1 Å². The summed E-state index contributed by atoms with van der Waals surface area (Å²) in [4.78, 5) is 35.5. The molecule has 2 rings (SSSR count). The van der Waals surface area contributed by atoms with Crippen molar-refractivity contribution in [1.29, 1.82) is 0 Å². The van der Waals surface area contributed by atoms with Crippen LogP contribution in [0.5, 0.6) is 0 Å². The molecule has 0 saturated carbocycles. The first-order valence-electron chi connectivity index (χ1n) is 5.39. The van der Waals surface area contributed by atoms with Crippen LogP contribution in [0.15, 0.2) is 24.3 Å². The maximum atomic E-state index is 11.9. The van der Waals surface area contributed by atoms with Crippen LogP contribution >= 0.6 is 11.6 Å². The summed E-state index contributed by atoms with van der Waals surface area (Å²) in [5.74, 6) is -1.17. The minimum absolute atomic E-state index is 0.0782. The predicted octanol–water partition coefficient (Wildman–Crippen LogP) is 0.368. The largest absolute Gasteiger partial charge is 0.324 e. The molecule has 1 aromatic carbocycles. The molecule has 1 aliphatic rings. The Labute approximate surface area is 109 Å². The van der Waals surface area contributed by atoms with E-state index in [1.165, 1.54) is 4.90 Å². The molecule has 94 valence electrons. The molecule has 0 aromatic heterocycles. The number of hydrogen-bond donors (Lipinski definition) is 1. The number of rotatable bonds is 2. The zero-order chi connectivity index (χ0) is 13.1. The monoisotopic (exact) mass is 266 g/mol. The van der Waals surface area contributed by atoms with Gasteiger partial charge in [-0.2, -0.15) is 0 Å². The van der Waals surface area contributed by atoms with Crippen molar-refractivity contribution in [3.05, 3.63) is 34.9 Å². The maximum Gasteiger partial charge on any atom is 0.246 e. The Morgan fingerprint density at radius 2 is 1.94 bits per heavy atom. The minimum atomic E-state index is -0.453. The minimum Gasteiger partial charge on any atom is -0.324 e. The van der Waals surface area contributed by atoms with Gasteiger partial charge in [0.25, 0.3) is 0 Å². The highest BCUT2D eigenvalue weighted by molar-refractivity contribution is 6.30. The summed E-state index contributed by atoms with van der Waals surface area (Å²) in [5.41, 5.74) is 0.755. The molecule has 1 N–H and O–H groups in total. The van der Waals surface area contributed by atoms with E-state index in [0.29, 0.717) is 5.02 Å². The molecular formula is C12H11ClN2O3. The van der Waals surface area contributed by atoms with E-state index < -0.39 is 11.8 Å². The van der Waals surface area contributed by atoms with Crippen LogP contribution in [0, 0.1) is 0 Å². The second kappa shape index (κ2) is 5.18. The number of halogens is 1. The van der Waals surface area contributed by atoms with E-state index in [1.54, 1.807) is 24.3 Å². The van der Waals surface area contributed by atoms with Crippen LogP contribution in [0.3, 0.4) is 0 Å². The first-order valence-corrected chi connectivity index (χ1v) is 5.77. The summed E-state index contributed by atoms with van der Waals surface area (Å²) in [6, 6.07) is 6.92. The number of nitrogens with zero attached hydrogens (tertiary/aromatic N) is 1. The van der Waals surface area contributed by atoms with Gasteiger partial charge >= 0.3 is 0 Å². The van der Waals surface area contributed by atoms with Crippen LogP contribution in [0.1, 0.15) is 5.56 Å². The van der Waals surface area contributed by atoms with Crippen molar-refractivity contribution in [3.8, 4) is 0 Å². The SMILES string of the molecule is O=C1CN(C(=O)Cc2cccc(Cl)c2)CC(=O)N1. The summed E-state index contributed by atoms with van der Waals surface area (Å²) >= 11 is 5.82. The molecule has 6 heteroatoms. The third-order valence-corrected chi connectivity index (χ3v) is 2.78. The molecule has 18 heavy (non-hydrogen) atoms. The molecule has 3 amide bonds. The highest BCUT2D eigenvalue weighted by atomic mass is 35.5. The second-order valence-electron chi connectivity index (χ2n) is 4.03. The van der Waals surface area contributed by atoms with Gasteiger partial charge in [0, 0.05) is 5.02 Å². The molecule has 1 aliphatic heterocycles. The van der Waals surface area contributed by atoms with Crippen LogP contribution in [0.25, 0.3) is 0 Å². The molecule has 1 aromatic rings. The molecule has 0 aliphatic carbocycles. The summed E-state index contributed by atoms with van der Waals surface area (Å²) in [5, 5.41) is 2.69. The highest BCUT2D eigenvalue weighted by Crippen LogP contribution is 2.12. The van der Waals surface area contributed by atoms with Crippen molar-refractivity contribution < 1.29 is 14.4 Å². The second-order valence-corrected chi connectivity index (χ2v) is 4.46. The Morgan fingerprint density at radius 3 is 2.56 bits per heavy atom. The third kappa shape index (κ3) is 3.07. The molecule has 0 bridgehead atoms. The third-order valence-electron chi connectivity index (χ3n) is 2.54.